The number of fused-ring (bicyclic) bond motifs is 2. The maximum atomic E-state index is 13.4. The molecule has 1 atom stereocenters. The molecule has 6 nitrogen and oxygen atoms in total. The summed E-state index contributed by atoms with van der Waals surface area (Å²) in [4.78, 5) is 32.5. The van der Waals surface area contributed by atoms with Crippen LogP contribution >= 0.6 is 11.3 Å². The van der Waals surface area contributed by atoms with Crippen LogP contribution in [0, 0.1) is 0 Å². The number of hydrogen-bond acceptors (Lipinski definition) is 6. The van der Waals surface area contributed by atoms with Gasteiger partial charge in [0.15, 0.2) is 10.6 Å². The first kappa shape index (κ1) is 18.3. The minimum Gasteiger partial charge on any atom is -0.490 e. The summed E-state index contributed by atoms with van der Waals surface area (Å²) >= 11 is 1.33. The van der Waals surface area contributed by atoms with E-state index in [1.54, 1.807) is 41.9 Å². The largest absolute Gasteiger partial charge is 0.490 e. The third-order valence-corrected chi connectivity index (χ3v) is 5.74. The molecule has 0 spiro atoms. The predicted octanol–water partition coefficient (Wildman–Crippen LogP) is 4.56. The van der Waals surface area contributed by atoms with E-state index in [4.69, 9.17) is 9.15 Å². The molecule has 30 heavy (non-hydrogen) atoms. The van der Waals surface area contributed by atoms with Crippen molar-refractivity contribution >= 4 is 33.3 Å². The molecule has 0 aliphatic carbocycles. The SMILES string of the molecule is C=CCOc1ccc(C2c3c(oc4ccccc4c3=O)C(=O)N2c2nccs2)cc1. The lowest BCUT2D eigenvalue weighted by atomic mass is 9.98. The number of thiazole rings is 1. The summed E-state index contributed by atoms with van der Waals surface area (Å²) in [5.41, 5.74) is 1.28. The number of para-hydroxylation sites is 1. The molecule has 1 aliphatic rings. The quantitative estimate of drug-likeness (QED) is 0.446. The highest BCUT2D eigenvalue weighted by atomic mass is 32.1. The zero-order valence-corrected chi connectivity index (χ0v) is 16.6. The fourth-order valence-electron chi connectivity index (χ4n) is 3.67. The second-order valence-electron chi connectivity index (χ2n) is 6.73. The normalized spacial score (nSPS) is 15.4. The van der Waals surface area contributed by atoms with Crippen LogP contribution in [0.1, 0.15) is 27.7 Å². The summed E-state index contributed by atoms with van der Waals surface area (Å²) in [5, 5.41) is 2.74. The van der Waals surface area contributed by atoms with Gasteiger partial charge in [-0.05, 0) is 29.8 Å². The molecule has 1 aliphatic heterocycles. The van der Waals surface area contributed by atoms with Crippen LogP contribution in [0.25, 0.3) is 11.0 Å². The van der Waals surface area contributed by atoms with Crippen LogP contribution in [-0.4, -0.2) is 17.5 Å². The highest BCUT2D eigenvalue weighted by Crippen LogP contribution is 2.42. The molecule has 3 heterocycles. The lowest BCUT2D eigenvalue weighted by Crippen LogP contribution is -2.29. The molecular formula is C23H16N2O4S. The molecule has 148 valence electrons. The number of benzene rings is 2. The Labute approximate surface area is 175 Å². The highest BCUT2D eigenvalue weighted by molar-refractivity contribution is 7.13. The Hall–Kier alpha value is -3.71. The molecule has 1 unspecified atom stereocenters. The van der Waals surface area contributed by atoms with E-state index in [0.29, 0.717) is 34.0 Å². The fourth-order valence-corrected chi connectivity index (χ4v) is 4.34. The Bertz CT molecular complexity index is 1310. The molecule has 2 aromatic carbocycles. The molecule has 5 rings (SSSR count). The van der Waals surface area contributed by atoms with Gasteiger partial charge in [0.2, 0.25) is 5.76 Å². The minimum atomic E-state index is -0.632. The second-order valence-corrected chi connectivity index (χ2v) is 7.60. The van der Waals surface area contributed by atoms with Crippen LogP contribution in [-0.2, 0) is 0 Å². The first-order valence-electron chi connectivity index (χ1n) is 9.31. The van der Waals surface area contributed by atoms with Gasteiger partial charge in [0.1, 0.15) is 17.9 Å². The zero-order valence-electron chi connectivity index (χ0n) is 15.8. The average molecular weight is 416 g/mol. The predicted molar refractivity (Wildman–Crippen MR) is 115 cm³/mol. The number of rotatable bonds is 5. The molecule has 0 saturated heterocycles. The summed E-state index contributed by atoms with van der Waals surface area (Å²) in [6, 6.07) is 13.6. The first-order chi connectivity index (χ1) is 14.7. The molecule has 0 bridgehead atoms. The Morgan fingerprint density at radius 1 is 1.17 bits per heavy atom. The van der Waals surface area contributed by atoms with Crippen LogP contribution in [0.5, 0.6) is 5.75 Å². The molecular weight excluding hydrogens is 400 g/mol. The van der Waals surface area contributed by atoms with E-state index in [9.17, 15) is 9.59 Å². The molecule has 0 N–H and O–H groups in total. The van der Waals surface area contributed by atoms with E-state index in [1.807, 2.05) is 24.3 Å². The van der Waals surface area contributed by atoms with Crippen molar-refractivity contribution < 1.29 is 13.9 Å². The van der Waals surface area contributed by atoms with Crippen molar-refractivity contribution in [2.45, 2.75) is 6.04 Å². The number of carbonyl (C=O) groups is 1. The van der Waals surface area contributed by atoms with Gasteiger partial charge in [-0.3, -0.25) is 14.5 Å². The van der Waals surface area contributed by atoms with Crippen molar-refractivity contribution in [3.8, 4) is 5.75 Å². The standard InChI is InChI=1S/C23H16N2O4S/c1-2-12-28-15-9-7-14(8-10-15)19-18-20(26)16-5-3-4-6-17(16)29-21(18)22(27)25(19)23-24-11-13-30-23/h2-11,13,19H,1,12H2. The molecule has 1 amide bonds. The summed E-state index contributed by atoms with van der Waals surface area (Å²) in [6.07, 6.45) is 3.30. The van der Waals surface area contributed by atoms with Crippen LogP contribution in [0.4, 0.5) is 5.13 Å². The van der Waals surface area contributed by atoms with Crippen molar-refractivity contribution in [3.05, 3.63) is 99.9 Å². The Morgan fingerprint density at radius 3 is 2.70 bits per heavy atom. The van der Waals surface area contributed by atoms with Gasteiger partial charge in [0.05, 0.1) is 17.0 Å². The number of anilines is 1. The lowest BCUT2D eigenvalue weighted by molar-refractivity contribution is 0.0971. The van der Waals surface area contributed by atoms with Gasteiger partial charge in [0, 0.05) is 11.6 Å². The molecule has 0 fully saturated rings. The van der Waals surface area contributed by atoms with Crippen LogP contribution in [0.15, 0.2) is 82.0 Å². The van der Waals surface area contributed by atoms with Crippen molar-refractivity contribution in [1.29, 1.82) is 0 Å². The minimum absolute atomic E-state index is 0.0610. The molecule has 0 radical (unpaired) electrons. The maximum absolute atomic E-state index is 13.4. The van der Waals surface area contributed by atoms with Crippen molar-refractivity contribution in [3.63, 3.8) is 0 Å². The lowest BCUT2D eigenvalue weighted by Gasteiger charge is -2.22. The van der Waals surface area contributed by atoms with Gasteiger partial charge in [-0.1, -0.05) is 36.9 Å². The van der Waals surface area contributed by atoms with E-state index in [0.717, 1.165) is 5.56 Å². The summed E-state index contributed by atoms with van der Waals surface area (Å²) in [6.45, 7) is 4.04. The van der Waals surface area contributed by atoms with Crippen molar-refractivity contribution in [2.75, 3.05) is 11.5 Å². The van der Waals surface area contributed by atoms with E-state index in [-0.39, 0.29) is 17.1 Å². The van der Waals surface area contributed by atoms with Crippen molar-refractivity contribution in [2.24, 2.45) is 0 Å². The fraction of sp³-hybridized carbons (Fsp3) is 0.0870. The third-order valence-electron chi connectivity index (χ3n) is 4.97. The second kappa shape index (κ2) is 7.27. The van der Waals surface area contributed by atoms with E-state index in [1.165, 1.54) is 16.2 Å². The Balaban J connectivity index is 1.71. The highest BCUT2D eigenvalue weighted by Gasteiger charge is 2.44. The van der Waals surface area contributed by atoms with E-state index in [2.05, 4.69) is 11.6 Å². The van der Waals surface area contributed by atoms with Gasteiger partial charge < -0.3 is 9.15 Å². The van der Waals surface area contributed by atoms with Crippen LogP contribution < -0.4 is 15.1 Å². The molecule has 4 aromatic rings. The number of nitrogens with zero attached hydrogens (tertiary/aromatic N) is 2. The van der Waals surface area contributed by atoms with Gasteiger partial charge in [-0.15, -0.1) is 11.3 Å². The summed E-state index contributed by atoms with van der Waals surface area (Å²) in [5.74, 6) is 0.361. The molecule has 2 aromatic heterocycles. The van der Waals surface area contributed by atoms with Gasteiger partial charge in [-0.25, -0.2) is 4.98 Å². The van der Waals surface area contributed by atoms with Gasteiger partial charge >= 0.3 is 0 Å². The number of hydrogen-bond donors (Lipinski definition) is 0. The van der Waals surface area contributed by atoms with E-state index >= 15 is 0 Å². The van der Waals surface area contributed by atoms with Crippen molar-refractivity contribution in [1.82, 2.24) is 4.98 Å². The van der Waals surface area contributed by atoms with Gasteiger partial charge in [-0.2, -0.15) is 0 Å². The number of ether oxygens (including phenoxy) is 1. The topological polar surface area (TPSA) is 72.6 Å². The number of aromatic nitrogens is 1. The first-order valence-corrected chi connectivity index (χ1v) is 10.2. The van der Waals surface area contributed by atoms with Gasteiger partial charge in [0.25, 0.3) is 5.91 Å². The van der Waals surface area contributed by atoms with E-state index < -0.39 is 6.04 Å². The maximum Gasteiger partial charge on any atom is 0.297 e. The summed E-state index contributed by atoms with van der Waals surface area (Å²) in [7, 11) is 0. The smallest absolute Gasteiger partial charge is 0.297 e. The monoisotopic (exact) mass is 416 g/mol. The van der Waals surface area contributed by atoms with Crippen LogP contribution in [0.3, 0.4) is 0 Å². The third kappa shape index (κ3) is 2.83. The Kier molecular flexibility index (Phi) is 4.44. The average Bonchev–Trinajstić information content (AvgIpc) is 3.40. The summed E-state index contributed by atoms with van der Waals surface area (Å²) < 4.78 is 11.5. The van der Waals surface area contributed by atoms with Crippen LogP contribution in [0.2, 0.25) is 0 Å². The molecule has 7 heteroatoms. The zero-order chi connectivity index (χ0) is 20.7. The Morgan fingerprint density at radius 2 is 1.97 bits per heavy atom. The molecule has 0 saturated carbocycles. The number of amides is 1. The number of carbonyl (C=O) groups excluding carboxylic acids is 1.